The van der Waals surface area contributed by atoms with Crippen LogP contribution in [-0.4, -0.2) is 54.9 Å². The van der Waals surface area contributed by atoms with E-state index < -0.39 is 12.4 Å². The molecule has 2 fully saturated rings. The summed E-state index contributed by atoms with van der Waals surface area (Å²) in [5.74, 6) is 0.598. The number of rotatable bonds is 7. The molecule has 1 aromatic heterocycles. The molecule has 3 aromatic rings. The number of hydrogen-bond acceptors (Lipinski definition) is 6. The summed E-state index contributed by atoms with van der Waals surface area (Å²) in [6.45, 7) is 0. The molecule has 0 bridgehead atoms. The molecule has 40 heavy (non-hydrogen) atoms. The van der Waals surface area contributed by atoms with Crippen LogP contribution in [0.1, 0.15) is 43.5 Å². The van der Waals surface area contributed by atoms with Gasteiger partial charge in [0.15, 0.2) is 11.0 Å². The number of alkyl halides is 3. The summed E-state index contributed by atoms with van der Waals surface area (Å²) in [7, 11) is 0. The van der Waals surface area contributed by atoms with E-state index in [2.05, 4.69) is 25.1 Å². The number of amidine groups is 1. The standard InChI is InChI=1S/C27H27F3N6O3S/c28-27(29,30)39-22-13-11-20(12-14-22)35-17-31-23(34-35)15-8-18-6-9-19(10-7-18)32-25(38)33-26-36(24(37)16-40-26)21-4-2-1-3-5-21/h6-7,9-14,17,21H,1-5,8,15-16H2,(H,32,38)/b33-26-. The van der Waals surface area contributed by atoms with Crippen molar-refractivity contribution in [3.05, 3.63) is 66.2 Å². The molecule has 3 amide bonds. The molecule has 210 valence electrons. The van der Waals surface area contributed by atoms with E-state index in [1.807, 2.05) is 12.1 Å². The van der Waals surface area contributed by atoms with Gasteiger partial charge in [-0.05, 0) is 61.2 Å². The van der Waals surface area contributed by atoms with E-state index in [-0.39, 0.29) is 17.7 Å². The van der Waals surface area contributed by atoms with Crippen molar-refractivity contribution in [2.45, 2.75) is 57.3 Å². The number of nitrogens with one attached hydrogen (secondary N) is 1. The van der Waals surface area contributed by atoms with E-state index in [4.69, 9.17) is 0 Å². The van der Waals surface area contributed by atoms with Crippen molar-refractivity contribution < 1.29 is 27.5 Å². The van der Waals surface area contributed by atoms with Gasteiger partial charge in [-0.25, -0.2) is 14.5 Å². The summed E-state index contributed by atoms with van der Waals surface area (Å²) in [4.78, 5) is 35.1. The minimum atomic E-state index is -4.74. The molecule has 0 radical (unpaired) electrons. The lowest BCUT2D eigenvalue weighted by Gasteiger charge is -2.30. The van der Waals surface area contributed by atoms with E-state index in [1.165, 1.54) is 53.5 Å². The number of aryl methyl sites for hydroxylation is 2. The molecule has 2 heterocycles. The number of aromatic nitrogens is 3. The molecule has 0 atom stereocenters. The number of carbonyl (C=O) groups excluding carboxylic acids is 2. The van der Waals surface area contributed by atoms with Gasteiger partial charge in [-0.1, -0.05) is 43.2 Å². The van der Waals surface area contributed by atoms with Crippen LogP contribution in [0.5, 0.6) is 5.75 Å². The molecule has 1 aliphatic heterocycles. The highest BCUT2D eigenvalue weighted by Gasteiger charge is 2.35. The third-order valence-electron chi connectivity index (χ3n) is 6.65. The molecule has 5 rings (SSSR count). The van der Waals surface area contributed by atoms with Crippen molar-refractivity contribution in [2.75, 3.05) is 11.1 Å². The molecule has 9 nitrogen and oxygen atoms in total. The maximum atomic E-state index is 12.6. The van der Waals surface area contributed by atoms with Crippen molar-refractivity contribution in [3.63, 3.8) is 0 Å². The zero-order chi connectivity index (χ0) is 28.1. The molecule has 1 saturated heterocycles. The monoisotopic (exact) mass is 572 g/mol. The predicted octanol–water partition coefficient (Wildman–Crippen LogP) is 5.75. The number of benzene rings is 2. The summed E-state index contributed by atoms with van der Waals surface area (Å²) >= 11 is 1.31. The Morgan fingerprint density at radius 1 is 1.05 bits per heavy atom. The Kier molecular flexibility index (Phi) is 8.38. The second-order valence-electron chi connectivity index (χ2n) is 9.51. The molecule has 13 heteroatoms. The molecular weight excluding hydrogens is 545 g/mol. The summed E-state index contributed by atoms with van der Waals surface area (Å²) in [5.41, 5.74) is 2.16. The van der Waals surface area contributed by atoms with Gasteiger partial charge in [0.05, 0.1) is 11.4 Å². The third-order valence-corrected chi connectivity index (χ3v) is 7.59. The summed E-state index contributed by atoms with van der Waals surface area (Å²) in [6, 6.07) is 12.3. The molecular formula is C27H27F3N6O3S. The lowest BCUT2D eigenvalue weighted by Crippen LogP contribution is -2.41. The van der Waals surface area contributed by atoms with Gasteiger partial charge in [0, 0.05) is 18.2 Å². The Morgan fingerprint density at radius 3 is 2.48 bits per heavy atom. The second-order valence-corrected chi connectivity index (χ2v) is 10.5. The van der Waals surface area contributed by atoms with E-state index in [9.17, 15) is 22.8 Å². The van der Waals surface area contributed by atoms with E-state index in [0.717, 1.165) is 31.2 Å². The number of ether oxygens (including phenoxy) is 1. The van der Waals surface area contributed by atoms with Crippen LogP contribution in [-0.2, 0) is 17.6 Å². The zero-order valence-electron chi connectivity index (χ0n) is 21.4. The quantitative estimate of drug-likeness (QED) is 0.387. The molecule has 1 saturated carbocycles. The van der Waals surface area contributed by atoms with E-state index >= 15 is 0 Å². The minimum Gasteiger partial charge on any atom is -0.406 e. The Balaban J connectivity index is 1.13. The number of nitrogens with zero attached hydrogens (tertiary/aromatic N) is 5. The third kappa shape index (κ3) is 7.20. The van der Waals surface area contributed by atoms with Gasteiger partial charge in [0.1, 0.15) is 12.1 Å². The molecule has 0 spiro atoms. The van der Waals surface area contributed by atoms with Gasteiger partial charge in [0.2, 0.25) is 5.91 Å². The van der Waals surface area contributed by atoms with Gasteiger partial charge in [-0.2, -0.15) is 10.1 Å². The number of anilines is 1. The first-order chi connectivity index (χ1) is 19.2. The van der Waals surface area contributed by atoms with Gasteiger partial charge in [-0.15, -0.1) is 13.2 Å². The first-order valence-corrected chi connectivity index (χ1v) is 13.9. The van der Waals surface area contributed by atoms with Crippen LogP contribution in [0.2, 0.25) is 0 Å². The van der Waals surface area contributed by atoms with Crippen LogP contribution in [0.15, 0.2) is 59.9 Å². The second kappa shape index (κ2) is 12.1. The fraction of sp³-hybridized carbons (Fsp3) is 0.370. The topological polar surface area (TPSA) is 102 Å². The molecule has 1 aliphatic carbocycles. The molecule has 1 N–H and O–H groups in total. The van der Waals surface area contributed by atoms with Gasteiger partial charge in [0.25, 0.3) is 0 Å². The average Bonchev–Trinajstić information content (AvgIpc) is 3.55. The predicted molar refractivity (Wildman–Crippen MR) is 145 cm³/mol. The maximum Gasteiger partial charge on any atom is 0.573 e. The Bertz CT molecular complexity index is 1370. The van der Waals surface area contributed by atoms with Crippen LogP contribution in [0.3, 0.4) is 0 Å². The average molecular weight is 573 g/mol. The number of thioether (sulfide) groups is 1. The van der Waals surface area contributed by atoms with Crippen molar-refractivity contribution in [3.8, 4) is 11.4 Å². The minimum absolute atomic E-state index is 0.0144. The highest BCUT2D eigenvalue weighted by atomic mass is 32.2. The van der Waals surface area contributed by atoms with Gasteiger partial charge in [-0.3, -0.25) is 9.69 Å². The van der Waals surface area contributed by atoms with Crippen molar-refractivity contribution in [1.82, 2.24) is 19.7 Å². The number of amides is 3. The van der Waals surface area contributed by atoms with Crippen LogP contribution in [0.4, 0.5) is 23.7 Å². The molecule has 2 aromatic carbocycles. The number of halogens is 3. The van der Waals surface area contributed by atoms with E-state index in [0.29, 0.717) is 41.0 Å². The number of hydrogen-bond donors (Lipinski definition) is 1. The summed E-state index contributed by atoms with van der Waals surface area (Å²) < 4.78 is 42.4. The van der Waals surface area contributed by atoms with Crippen molar-refractivity contribution in [1.29, 1.82) is 0 Å². The fourth-order valence-electron chi connectivity index (χ4n) is 4.74. The van der Waals surface area contributed by atoms with Gasteiger partial charge < -0.3 is 10.1 Å². The summed E-state index contributed by atoms with van der Waals surface area (Å²) in [5, 5.41) is 7.64. The number of aliphatic imine (C=N–C) groups is 1. The number of urea groups is 1. The first-order valence-electron chi connectivity index (χ1n) is 12.9. The Labute approximate surface area is 232 Å². The van der Waals surface area contributed by atoms with E-state index in [1.54, 1.807) is 17.0 Å². The maximum absolute atomic E-state index is 12.6. The molecule has 2 aliphatic rings. The zero-order valence-corrected chi connectivity index (χ0v) is 22.2. The van der Waals surface area contributed by atoms with Crippen LogP contribution < -0.4 is 10.1 Å². The highest BCUT2D eigenvalue weighted by Crippen LogP contribution is 2.30. The lowest BCUT2D eigenvalue weighted by atomic mass is 9.94. The fourth-order valence-corrected chi connectivity index (χ4v) is 5.67. The van der Waals surface area contributed by atoms with Crippen LogP contribution in [0, 0.1) is 0 Å². The van der Waals surface area contributed by atoms with Crippen molar-refractivity contribution >= 4 is 34.6 Å². The lowest BCUT2D eigenvalue weighted by molar-refractivity contribution is -0.274. The summed E-state index contributed by atoms with van der Waals surface area (Å²) in [6.07, 6.45) is 3.18. The smallest absolute Gasteiger partial charge is 0.406 e. The largest absolute Gasteiger partial charge is 0.573 e. The normalized spacial score (nSPS) is 17.4. The van der Waals surface area contributed by atoms with Gasteiger partial charge >= 0.3 is 12.4 Å². The van der Waals surface area contributed by atoms with Crippen molar-refractivity contribution in [2.24, 2.45) is 4.99 Å². The first kappa shape index (κ1) is 27.7. The Hall–Kier alpha value is -3.87. The Morgan fingerprint density at radius 2 is 1.77 bits per heavy atom. The van der Waals surface area contributed by atoms with Crippen LogP contribution in [0.25, 0.3) is 5.69 Å². The number of carbonyl (C=O) groups is 2. The van der Waals surface area contributed by atoms with Crippen LogP contribution >= 0.6 is 11.8 Å². The molecule has 0 unspecified atom stereocenters. The SMILES string of the molecule is O=C(/N=C1\SCC(=O)N1C1CCCCC1)Nc1ccc(CCc2ncn(-c3ccc(OC(F)(F)F)cc3)n2)cc1. The highest BCUT2D eigenvalue weighted by molar-refractivity contribution is 8.15.